The van der Waals surface area contributed by atoms with E-state index >= 15 is 0 Å². The molecule has 1 fully saturated rings. The lowest BCUT2D eigenvalue weighted by Gasteiger charge is -2.11. The molecule has 5 nitrogen and oxygen atoms in total. The molecular formula is C16H19N3O2S. The van der Waals surface area contributed by atoms with Crippen LogP contribution in [0.3, 0.4) is 0 Å². The Hall–Kier alpha value is -1.82. The Balaban J connectivity index is 1.71. The molecule has 1 N–H and O–H groups in total. The highest BCUT2D eigenvalue weighted by Crippen LogP contribution is 2.33. The minimum absolute atomic E-state index is 0.226. The first-order chi connectivity index (χ1) is 10.6. The normalized spacial score (nSPS) is 18.0. The third-order valence-corrected chi connectivity index (χ3v) is 6.18. The van der Waals surface area contributed by atoms with E-state index in [4.69, 9.17) is 4.98 Å². The fourth-order valence-corrected chi connectivity index (χ4v) is 4.36. The SMILES string of the molecule is O=S(=O)(Nc1ccccc1-c1cn2c(n1)CCCC2)C1CC1. The molecule has 0 amide bonds. The van der Waals surface area contributed by atoms with Crippen LogP contribution in [0.1, 0.15) is 31.5 Å². The lowest BCUT2D eigenvalue weighted by atomic mass is 10.1. The number of nitrogens with one attached hydrogen (secondary N) is 1. The van der Waals surface area contributed by atoms with Gasteiger partial charge < -0.3 is 4.57 Å². The van der Waals surface area contributed by atoms with Crippen molar-refractivity contribution in [1.82, 2.24) is 9.55 Å². The van der Waals surface area contributed by atoms with Gasteiger partial charge >= 0.3 is 0 Å². The van der Waals surface area contributed by atoms with Gasteiger partial charge in [-0.1, -0.05) is 18.2 Å². The quantitative estimate of drug-likeness (QED) is 0.943. The van der Waals surface area contributed by atoms with E-state index < -0.39 is 10.0 Å². The predicted octanol–water partition coefficient (Wildman–Crippen LogP) is 2.79. The summed E-state index contributed by atoms with van der Waals surface area (Å²) in [4.78, 5) is 4.70. The van der Waals surface area contributed by atoms with Gasteiger partial charge in [-0.2, -0.15) is 0 Å². The average molecular weight is 317 g/mol. The second-order valence-electron chi connectivity index (χ2n) is 6.08. The highest BCUT2D eigenvalue weighted by Gasteiger charge is 2.36. The maximum atomic E-state index is 12.2. The molecule has 2 aliphatic rings. The summed E-state index contributed by atoms with van der Waals surface area (Å²) in [6.45, 7) is 0.998. The molecule has 0 saturated heterocycles. The van der Waals surface area contributed by atoms with Gasteiger partial charge in [0.15, 0.2) is 0 Å². The Morgan fingerprint density at radius 1 is 1.18 bits per heavy atom. The molecule has 4 rings (SSSR count). The van der Waals surface area contributed by atoms with E-state index in [9.17, 15) is 8.42 Å². The number of hydrogen-bond donors (Lipinski definition) is 1. The van der Waals surface area contributed by atoms with Crippen molar-refractivity contribution in [2.75, 3.05) is 4.72 Å². The third kappa shape index (κ3) is 2.52. The van der Waals surface area contributed by atoms with Crippen molar-refractivity contribution in [1.29, 1.82) is 0 Å². The number of benzene rings is 1. The van der Waals surface area contributed by atoms with E-state index in [1.165, 1.54) is 12.8 Å². The van der Waals surface area contributed by atoms with Gasteiger partial charge in [-0.3, -0.25) is 4.72 Å². The number of sulfonamides is 1. The Morgan fingerprint density at radius 3 is 2.77 bits per heavy atom. The summed E-state index contributed by atoms with van der Waals surface area (Å²) in [5.41, 5.74) is 2.34. The zero-order valence-electron chi connectivity index (χ0n) is 12.3. The van der Waals surface area contributed by atoms with Crippen molar-refractivity contribution in [2.45, 2.75) is 43.9 Å². The Bertz CT molecular complexity index is 783. The van der Waals surface area contributed by atoms with Crippen LogP contribution in [0.4, 0.5) is 5.69 Å². The zero-order chi connectivity index (χ0) is 15.2. The van der Waals surface area contributed by atoms with Crippen LogP contribution in [0.2, 0.25) is 0 Å². The van der Waals surface area contributed by atoms with Crippen LogP contribution in [0.15, 0.2) is 30.5 Å². The first-order valence-electron chi connectivity index (χ1n) is 7.80. The number of imidazole rings is 1. The van der Waals surface area contributed by atoms with Gasteiger partial charge in [0.1, 0.15) is 5.82 Å². The van der Waals surface area contributed by atoms with Crippen LogP contribution in [0, 0.1) is 0 Å². The number of fused-ring (bicyclic) bond motifs is 1. The van der Waals surface area contributed by atoms with E-state index in [-0.39, 0.29) is 5.25 Å². The highest BCUT2D eigenvalue weighted by atomic mass is 32.2. The summed E-state index contributed by atoms with van der Waals surface area (Å²) in [6.07, 6.45) is 6.91. The van der Waals surface area contributed by atoms with Gasteiger partial charge in [-0.25, -0.2) is 13.4 Å². The number of hydrogen-bond acceptors (Lipinski definition) is 3. The van der Waals surface area contributed by atoms with Crippen LogP contribution in [-0.4, -0.2) is 23.2 Å². The van der Waals surface area contributed by atoms with E-state index in [2.05, 4.69) is 9.29 Å². The monoisotopic (exact) mass is 317 g/mol. The van der Waals surface area contributed by atoms with Crippen molar-refractivity contribution in [3.05, 3.63) is 36.3 Å². The average Bonchev–Trinajstić information content (AvgIpc) is 3.28. The van der Waals surface area contributed by atoms with Gasteiger partial charge in [0.2, 0.25) is 10.0 Å². The Labute approximate surface area is 130 Å². The molecule has 1 aliphatic heterocycles. The zero-order valence-corrected chi connectivity index (χ0v) is 13.1. The second kappa shape index (κ2) is 5.12. The fraction of sp³-hybridized carbons (Fsp3) is 0.438. The lowest BCUT2D eigenvalue weighted by molar-refractivity contribution is 0.522. The van der Waals surface area contributed by atoms with Crippen LogP contribution < -0.4 is 4.72 Å². The minimum Gasteiger partial charge on any atom is -0.334 e. The van der Waals surface area contributed by atoms with Crippen molar-refractivity contribution in [2.24, 2.45) is 0 Å². The summed E-state index contributed by atoms with van der Waals surface area (Å²) >= 11 is 0. The van der Waals surface area contributed by atoms with Crippen molar-refractivity contribution in [3.63, 3.8) is 0 Å². The van der Waals surface area contributed by atoms with Crippen molar-refractivity contribution in [3.8, 4) is 11.3 Å². The summed E-state index contributed by atoms with van der Waals surface area (Å²) < 4.78 is 29.3. The van der Waals surface area contributed by atoms with E-state index in [1.807, 2.05) is 30.5 Å². The topological polar surface area (TPSA) is 64.0 Å². The number of aryl methyl sites for hydroxylation is 2. The molecule has 1 saturated carbocycles. The van der Waals surface area contributed by atoms with E-state index in [0.29, 0.717) is 5.69 Å². The van der Waals surface area contributed by atoms with Gasteiger partial charge in [-0.15, -0.1) is 0 Å². The number of para-hydroxylation sites is 1. The van der Waals surface area contributed by atoms with Crippen LogP contribution in [0.5, 0.6) is 0 Å². The first-order valence-corrected chi connectivity index (χ1v) is 9.35. The molecule has 116 valence electrons. The molecule has 0 radical (unpaired) electrons. The molecule has 2 aromatic rings. The molecule has 22 heavy (non-hydrogen) atoms. The maximum absolute atomic E-state index is 12.2. The molecule has 1 aliphatic carbocycles. The lowest BCUT2D eigenvalue weighted by Crippen LogP contribution is -2.17. The number of aromatic nitrogens is 2. The summed E-state index contributed by atoms with van der Waals surface area (Å²) in [7, 11) is -3.26. The van der Waals surface area contributed by atoms with E-state index in [1.54, 1.807) is 0 Å². The minimum atomic E-state index is -3.26. The molecule has 0 spiro atoms. The van der Waals surface area contributed by atoms with Crippen LogP contribution >= 0.6 is 0 Å². The summed E-state index contributed by atoms with van der Waals surface area (Å²) in [6, 6.07) is 7.51. The van der Waals surface area contributed by atoms with Gasteiger partial charge in [0.05, 0.1) is 16.6 Å². The largest absolute Gasteiger partial charge is 0.334 e. The Morgan fingerprint density at radius 2 is 2.00 bits per heavy atom. The Kier molecular flexibility index (Phi) is 3.22. The molecule has 1 aromatic carbocycles. The molecule has 1 aromatic heterocycles. The van der Waals surface area contributed by atoms with Gasteiger partial charge in [0, 0.05) is 24.7 Å². The number of anilines is 1. The highest BCUT2D eigenvalue weighted by molar-refractivity contribution is 7.93. The van der Waals surface area contributed by atoms with Crippen molar-refractivity contribution < 1.29 is 8.42 Å². The van der Waals surface area contributed by atoms with Crippen LogP contribution in [0.25, 0.3) is 11.3 Å². The van der Waals surface area contributed by atoms with Gasteiger partial charge in [0.25, 0.3) is 0 Å². The first kappa shape index (κ1) is 13.8. The summed E-state index contributed by atoms with van der Waals surface area (Å²) in [5.74, 6) is 1.10. The molecule has 2 heterocycles. The fourth-order valence-electron chi connectivity index (χ4n) is 2.95. The molecular weight excluding hydrogens is 298 g/mol. The number of rotatable bonds is 4. The maximum Gasteiger partial charge on any atom is 0.235 e. The van der Waals surface area contributed by atoms with E-state index in [0.717, 1.165) is 42.9 Å². The van der Waals surface area contributed by atoms with Crippen LogP contribution in [-0.2, 0) is 23.0 Å². The second-order valence-corrected chi connectivity index (χ2v) is 8.05. The van der Waals surface area contributed by atoms with Crippen molar-refractivity contribution >= 4 is 15.7 Å². The molecule has 0 atom stereocenters. The smallest absolute Gasteiger partial charge is 0.235 e. The predicted molar refractivity (Wildman–Crippen MR) is 86.2 cm³/mol. The molecule has 6 heteroatoms. The standard InChI is InChI=1S/C16H19N3O2S/c20-22(21,12-8-9-12)18-14-6-2-1-5-13(14)15-11-19-10-4-3-7-16(19)17-15/h1-2,5-6,11-12,18H,3-4,7-10H2. The number of nitrogens with zero attached hydrogens (tertiary/aromatic N) is 2. The third-order valence-electron chi connectivity index (χ3n) is 4.33. The molecule has 0 bridgehead atoms. The summed E-state index contributed by atoms with van der Waals surface area (Å²) in [5, 5.41) is -0.226. The van der Waals surface area contributed by atoms with Gasteiger partial charge in [-0.05, 0) is 31.7 Å². The molecule has 0 unspecified atom stereocenters.